The van der Waals surface area contributed by atoms with Crippen LogP contribution in [-0.4, -0.2) is 37.5 Å². The molecular weight excluding hydrogens is 274 g/mol. The third-order valence-electron chi connectivity index (χ3n) is 2.23. The summed E-state index contributed by atoms with van der Waals surface area (Å²) in [7, 11) is -3.17. The predicted molar refractivity (Wildman–Crippen MR) is 71.3 cm³/mol. The number of rotatable bonds is 6. The second-order valence-electron chi connectivity index (χ2n) is 3.88. The molecule has 0 aliphatic rings. The monoisotopic (exact) mass is 289 g/mol. The Hall–Kier alpha value is -1.05. The van der Waals surface area contributed by atoms with Crippen LogP contribution in [0.1, 0.15) is 5.56 Å². The van der Waals surface area contributed by atoms with E-state index in [1.54, 1.807) is 24.3 Å². The zero-order valence-corrected chi connectivity index (χ0v) is 11.5. The molecule has 0 unspecified atom stereocenters. The van der Waals surface area contributed by atoms with Gasteiger partial charge in [-0.1, -0.05) is 12.1 Å². The lowest BCUT2D eigenvalue weighted by atomic mass is 10.2. The van der Waals surface area contributed by atoms with Crippen molar-refractivity contribution in [3.63, 3.8) is 0 Å². The predicted octanol–water partition coefficient (Wildman–Crippen LogP) is 0.735. The van der Waals surface area contributed by atoms with Gasteiger partial charge >= 0.3 is 5.97 Å². The highest BCUT2D eigenvalue weighted by Crippen LogP contribution is 2.16. The average molecular weight is 289 g/mol. The van der Waals surface area contributed by atoms with Gasteiger partial charge < -0.3 is 10.8 Å². The number of carboxylic acid groups (broad SMARTS) is 1. The molecule has 100 valence electrons. The summed E-state index contributed by atoms with van der Waals surface area (Å²) >= 11 is 1.40. The SMILES string of the molecule is CS(=O)(=O)c1ccc(CSC[C@H](N)C(=O)O)cc1. The maximum absolute atomic E-state index is 11.2. The molecule has 0 fully saturated rings. The summed E-state index contributed by atoms with van der Waals surface area (Å²) in [6.07, 6.45) is 1.16. The fourth-order valence-corrected chi connectivity index (χ4v) is 2.78. The number of benzene rings is 1. The van der Waals surface area contributed by atoms with Crippen molar-refractivity contribution < 1.29 is 18.3 Å². The lowest BCUT2D eigenvalue weighted by Crippen LogP contribution is -2.32. The zero-order chi connectivity index (χ0) is 13.8. The molecule has 0 radical (unpaired) electrons. The van der Waals surface area contributed by atoms with Gasteiger partial charge in [0.05, 0.1) is 4.90 Å². The number of nitrogens with two attached hydrogens (primary N) is 1. The van der Waals surface area contributed by atoms with E-state index in [0.29, 0.717) is 11.5 Å². The van der Waals surface area contributed by atoms with Gasteiger partial charge in [0.25, 0.3) is 0 Å². The molecule has 18 heavy (non-hydrogen) atoms. The van der Waals surface area contributed by atoms with Crippen LogP contribution in [0.5, 0.6) is 0 Å². The van der Waals surface area contributed by atoms with Crippen molar-refractivity contribution in [3.05, 3.63) is 29.8 Å². The Bertz CT molecular complexity index is 510. The summed E-state index contributed by atoms with van der Waals surface area (Å²) in [5.41, 5.74) is 6.30. The van der Waals surface area contributed by atoms with E-state index in [0.717, 1.165) is 11.8 Å². The molecule has 0 bridgehead atoms. The van der Waals surface area contributed by atoms with Crippen LogP contribution in [0.15, 0.2) is 29.2 Å². The van der Waals surface area contributed by atoms with Crippen LogP contribution < -0.4 is 5.73 Å². The standard InChI is InChI=1S/C11H15NO4S2/c1-18(15,16)9-4-2-8(3-5-9)6-17-7-10(12)11(13)14/h2-5,10H,6-7,12H2,1H3,(H,13,14)/t10-/m0/s1. The van der Waals surface area contributed by atoms with Crippen molar-refractivity contribution in [1.82, 2.24) is 0 Å². The number of hydrogen-bond acceptors (Lipinski definition) is 5. The maximum Gasteiger partial charge on any atom is 0.321 e. The number of sulfone groups is 1. The molecule has 0 saturated heterocycles. The fourth-order valence-electron chi connectivity index (χ4n) is 1.21. The van der Waals surface area contributed by atoms with Crippen molar-refractivity contribution >= 4 is 27.6 Å². The van der Waals surface area contributed by atoms with E-state index < -0.39 is 21.8 Å². The Kier molecular flexibility index (Phi) is 5.18. The number of hydrogen-bond donors (Lipinski definition) is 2. The lowest BCUT2D eigenvalue weighted by Gasteiger charge is -2.06. The average Bonchev–Trinajstić information content (AvgIpc) is 2.28. The first-order valence-corrected chi connectivity index (χ1v) is 8.20. The van der Waals surface area contributed by atoms with Gasteiger partial charge in [-0.3, -0.25) is 4.79 Å². The molecule has 1 atom stereocenters. The molecule has 1 aromatic carbocycles. The molecule has 0 heterocycles. The van der Waals surface area contributed by atoms with Crippen molar-refractivity contribution in [2.45, 2.75) is 16.7 Å². The summed E-state index contributed by atoms with van der Waals surface area (Å²) < 4.78 is 22.5. The molecule has 0 amide bonds. The first-order chi connectivity index (χ1) is 8.30. The molecule has 3 N–H and O–H groups in total. The van der Waals surface area contributed by atoms with E-state index >= 15 is 0 Å². The van der Waals surface area contributed by atoms with Gasteiger partial charge in [-0.15, -0.1) is 0 Å². The third-order valence-corrected chi connectivity index (χ3v) is 4.50. The molecular formula is C11H15NO4S2. The van der Waals surface area contributed by atoms with Crippen LogP contribution in [0, 0.1) is 0 Å². The molecule has 1 rings (SSSR count). The quantitative estimate of drug-likeness (QED) is 0.801. The molecule has 0 aliphatic carbocycles. The zero-order valence-electron chi connectivity index (χ0n) is 9.87. The van der Waals surface area contributed by atoms with Gasteiger partial charge in [-0.2, -0.15) is 11.8 Å². The van der Waals surface area contributed by atoms with Gasteiger partial charge in [0.15, 0.2) is 9.84 Å². The van der Waals surface area contributed by atoms with E-state index in [1.165, 1.54) is 11.8 Å². The van der Waals surface area contributed by atoms with Crippen molar-refractivity contribution in [3.8, 4) is 0 Å². The lowest BCUT2D eigenvalue weighted by molar-refractivity contribution is -0.137. The minimum absolute atomic E-state index is 0.276. The highest BCUT2D eigenvalue weighted by molar-refractivity contribution is 7.98. The molecule has 0 aromatic heterocycles. The van der Waals surface area contributed by atoms with Crippen molar-refractivity contribution in [1.29, 1.82) is 0 Å². The topological polar surface area (TPSA) is 97.5 Å². The highest BCUT2D eigenvalue weighted by Gasteiger charge is 2.11. The largest absolute Gasteiger partial charge is 0.480 e. The van der Waals surface area contributed by atoms with Gasteiger partial charge in [-0.05, 0) is 17.7 Å². The normalized spacial score (nSPS) is 13.2. The van der Waals surface area contributed by atoms with Crippen LogP contribution >= 0.6 is 11.8 Å². The van der Waals surface area contributed by atoms with Gasteiger partial charge in [0.1, 0.15) is 6.04 Å². The van der Waals surface area contributed by atoms with Gasteiger partial charge in [0.2, 0.25) is 0 Å². The van der Waals surface area contributed by atoms with Crippen LogP contribution in [0.2, 0.25) is 0 Å². The molecule has 5 nitrogen and oxygen atoms in total. The first-order valence-electron chi connectivity index (χ1n) is 5.16. The Balaban J connectivity index is 2.52. The summed E-state index contributed by atoms with van der Waals surface area (Å²) in [5.74, 6) is -0.0938. The van der Waals surface area contributed by atoms with Crippen molar-refractivity contribution in [2.75, 3.05) is 12.0 Å². The third kappa shape index (κ3) is 4.67. The molecule has 0 saturated carbocycles. The van der Waals surface area contributed by atoms with E-state index in [9.17, 15) is 13.2 Å². The Morgan fingerprint density at radius 3 is 2.39 bits per heavy atom. The number of aliphatic carboxylic acids is 1. The van der Waals surface area contributed by atoms with E-state index in [1.807, 2.05) is 0 Å². The van der Waals surface area contributed by atoms with Gasteiger partial charge in [0, 0.05) is 17.8 Å². The molecule has 1 aromatic rings. The van der Waals surface area contributed by atoms with Crippen LogP contribution in [-0.2, 0) is 20.4 Å². The van der Waals surface area contributed by atoms with Crippen LogP contribution in [0.4, 0.5) is 0 Å². The molecule has 0 aliphatic heterocycles. The second-order valence-corrected chi connectivity index (χ2v) is 6.92. The van der Waals surface area contributed by atoms with Crippen LogP contribution in [0.25, 0.3) is 0 Å². The van der Waals surface area contributed by atoms with E-state index in [2.05, 4.69) is 0 Å². The Morgan fingerprint density at radius 1 is 1.39 bits per heavy atom. The smallest absolute Gasteiger partial charge is 0.321 e. The Labute approximate surface area is 110 Å². The summed E-state index contributed by atoms with van der Waals surface area (Å²) in [6.45, 7) is 0. The van der Waals surface area contributed by atoms with E-state index in [4.69, 9.17) is 10.8 Å². The summed E-state index contributed by atoms with van der Waals surface area (Å²) in [4.78, 5) is 10.8. The van der Waals surface area contributed by atoms with Crippen LogP contribution in [0.3, 0.4) is 0 Å². The second kappa shape index (κ2) is 6.21. The number of carbonyl (C=O) groups is 1. The first kappa shape index (κ1) is 15.0. The summed E-state index contributed by atoms with van der Waals surface area (Å²) in [5, 5.41) is 8.60. The minimum Gasteiger partial charge on any atom is -0.480 e. The molecule has 0 spiro atoms. The van der Waals surface area contributed by atoms with Gasteiger partial charge in [-0.25, -0.2) is 8.42 Å². The summed E-state index contributed by atoms with van der Waals surface area (Å²) in [6, 6.07) is 5.65. The number of carboxylic acids is 1. The Morgan fingerprint density at radius 2 is 1.94 bits per heavy atom. The fraction of sp³-hybridized carbons (Fsp3) is 0.364. The molecule has 7 heteroatoms. The highest BCUT2D eigenvalue weighted by atomic mass is 32.2. The van der Waals surface area contributed by atoms with E-state index in [-0.39, 0.29) is 4.90 Å². The number of thioether (sulfide) groups is 1. The maximum atomic E-state index is 11.2. The minimum atomic E-state index is -3.17. The van der Waals surface area contributed by atoms with Crippen molar-refractivity contribution in [2.24, 2.45) is 5.73 Å².